The number of hydrogen-bond acceptors (Lipinski definition) is 4. The highest BCUT2D eigenvalue weighted by Crippen LogP contribution is 2.38. The molecule has 104 valence electrons. The van der Waals surface area contributed by atoms with Crippen molar-refractivity contribution in [2.45, 2.75) is 63.8 Å². The molecule has 1 aromatic rings. The molecule has 1 atom stereocenters. The first-order valence-electron chi connectivity index (χ1n) is 7.40. The molecule has 2 aliphatic rings. The number of likely N-dealkylation sites (tertiary alicyclic amines) is 1. The molecule has 1 aliphatic heterocycles. The van der Waals surface area contributed by atoms with Crippen molar-refractivity contribution in [2.75, 3.05) is 6.54 Å². The molecule has 5 nitrogen and oxygen atoms in total. The van der Waals surface area contributed by atoms with Crippen molar-refractivity contribution in [3.63, 3.8) is 0 Å². The lowest BCUT2D eigenvalue weighted by atomic mass is 10.1. The number of amides is 1. The summed E-state index contributed by atoms with van der Waals surface area (Å²) in [5, 5.41) is 4.04. The molecule has 2 heterocycles. The fourth-order valence-electron chi connectivity index (χ4n) is 2.83. The SMILES string of the molecule is CCC(=O)N1CCCC1CCc1noc(C2CC2)n1. The Morgan fingerprint density at radius 3 is 3.00 bits per heavy atom. The highest BCUT2D eigenvalue weighted by molar-refractivity contribution is 5.76. The predicted octanol–water partition coefficient (Wildman–Crippen LogP) is 2.28. The van der Waals surface area contributed by atoms with Gasteiger partial charge in [-0.1, -0.05) is 12.1 Å². The number of rotatable bonds is 5. The lowest BCUT2D eigenvalue weighted by Crippen LogP contribution is -2.35. The first kappa shape index (κ1) is 12.6. The van der Waals surface area contributed by atoms with Gasteiger partial charge in [0.2, 0.25) is 11.8 Å². The van der Waals surface area contributed by atoms with Gasteiger partial charge >= 0.3 is 0 Å². The zero-order valence-electron chi connectivity index (χ0n) is 11.5. The zero-order valence-corrected chi connectivity index (χ0v) is 11.5. The molecular weight excluding hydrogens is 242 g/mol. The number of carbonyl (C=O) groups is 1. The van der Waals surface area contributed by atoms with Crippen LogP contribution in [0.1, 0.15) is 63.1 Å². The predicted molar refractivity (Wildman–Crippen MR) is 69.6 cm³/mol. The summed E-state index contributed by atoms with van der Waals surface area (Å²) in [4.78, 5) is 18.3. The summed E-state index contributed by atoms with van der Waals surface area (Å²) in [5.41, 5.74) is 0. The second kappa shape index (κ2) is 5.31. The number of carbonyl (C=O) groups excluding carboxylic acids is 1. The summed E-state index contributed by atoms with van der Waals surface area (Å²) in [7, 11) is 0. The van der Waals surface area contributed by atoms with E-state index in [1.807, 2.05) is 11.8 Å². The van der Waals surface area contributed by atoms with Crippen LogP contribution in [0.15, 0.2) is 4.52 Å². The molecule has 0 N–H and O–H groups in total. The van der Waals surface area contributed by atoms with Crippen LogP contribution in [0.4, 0.5) is 0 Å². The van der Waals surface area contributed by atoms with E-state index in [1.165, 1.54) is 12.8 Å². The van der Waals surface area contributed by atoms with Crippen molar-refractivity contribution in [3.8, 4) is 0 Å². The molecule has 1 aliphatic carbocycles. The molecule has 0 aromatic carbocycles. The van der Waals surface area contributed by atoms with Gasteiger partial charge in [0.15, 0.2) is 5.82 Å². The van der Waals surface area contributed by atoms with Gasteiger partial charge in [0.25, 0.3) is 0 Å². The summed E-state index contributed by atoms with van der Waals surface area (Å²) in [6.07, 6.45) is 6.97. The fourth-order valence-corrected chi connectivity index (χ4v) is 2.83. The first-order chi connectivity index (χ1) is 9.28. The molecule has 1 aromatic heterocycles. The van der Waals surface area contributed by atoms with E-state index in [0.717, 1.165) is 43.9 Å². The first-order valence-corrected chi connectivity index (χ1v) is 7.40. The third-order valence-electron chi connectivity index (χ3n) is 4.11. The minimum absolute atomic E-state index is 0.272. The van der Waals surface area contributed by atoms with Crippen LogP contribution in [0, 0.1) is 0 Å². The van der Waals surface area contributed by atoms with E-state index < -0.39 is 0 Å². The van der Waals surface area contributed by atoms with E-state index in [9.17, 15) is 4.79 Å². The van der Waals surface area contributed by atoms with Gasteiger partial charge in [-0.05, 0) is 32.1 Å². The van der Waals surface area contributed by atoms with Crippen molar-refractivity contribution in [1.29, 1.82) is 0 Å². The van der Waals surface area contributed by atoms with Crippen molar-refractivity contribution in [1.82, 2.24) is 15.0 Å². The van der Waals surface area contributed by atoms with Crippen LogP contribution in [-0.4, -0.2) is 33.5 Å². The maximum Gasteiger partial charge on any atom is 0.229 e. The molecule has 0 spiro atoms. The molecule has 3 rings (SSSR count). The van der Waals surface area contributed by atoms with Crippen LogP contribution in [0.5, 0.6) is 0 Å². The molecule has 1 saturated carbocycles. The lowest BCUT2D eigenvalue weighted by molar-refractivity contribution is -0.131. The van der Waals surface area contributed by atoms with Gasteiger partial charge in [0.1, 0.15) is 0 Å². The highest BCUT2D eigenvalue weighted by Gasteiger charge is 2.30. The van der Waals surface area contributed by atoms with Gasteiger partial charge in [0, 0.05) is 31.3 Å². The van der Waals surface area contributed by atoms with E-state index in [2.05, 4.69) is 10.1 Å². The molecular formula is C14H21N3O2. The molecule has 1 unspecified atom stereocenters. The summed E-state index contributed by atoms with van der Waals surface area (Å²) in [6.45, 7) is 2.84. The van der Waals surface area contributed by atoms with Gasteiger partial charge in [-0.15, -0.1) is 0 Å². The molecule has 2 fully saturated rings. The van der Waals surface area contributed by atoms with Gasteiger partial charge in [-0.25, -0.2) is 0 Å². The lowest BCUT2D eigenvalue weighted by Gasteiger charge is -2.23. The topological polar surface area (TPSA) is 59.2 Å². The van der Waals surface area contributed by atoms with Crippen LogP contribution >= 0.6 is 0 Å². The smallest absolute Gasteiger partial charge is 0.229 e. The molecule has 0 radical (unpaired) electrons. The molecule has 1 amide bonds. The van der Waals surface area contributed by atoms with Crippen molar-refractivity contribution in [3.05, 3.63) is 11.7 Å². The quantitative estimate of drug-likeness (QED) is 0.817. The standard InChI is InChI=1S/C14H21N3O2/c1-2-13(18)17-9-3-4-11(17)7-8-12-15-14(19-16-12)10-5-6-10/h10-11H,2-9H2,1H3. The van der Waals surface area contributed by atoms with Crippen LogP contribution < -0.4 is 0 Å². The van der Waals surface area contributed by atoms with E-state index in [-0.39, 0.29) is 5.91 Å². The van der Waals surface area contributed by atoms with Crippen molar-refractivity contribution in [2.24, 2.45) is 0 Å². The van der Waals surface area contributed by atoms with Crippen LogP contribution in [-0.2, 0) is 11.2 Å². The van der Waals surface area contributed by atoms with Crippen LogP contribution in [0.2, 0.25) is 0 Å². The average molecular weight is 263 g/mol. The molecule has 0 bridgehead atoms. The maximum atomic E-state index is 11.8. The van der Waals surface area contributed by atoms with E-state index in [1.54, 1.807) is 0 Å². The maximum absolute atomic E-state index is 11.8. The summed E-state index contributed by atoms with van der Waals surface area (Å²) >= 11 is 0. The van der Waals surface area contributed by atoms with Crippen LogP contribution in [0.25, 0.3) is 0 Å². The largest absolute Gasteiger partial charge is 0.340 e. The Kier molecular flexibility index (Phi) is 3.53. The van der Waals surface area contributed by atoms with Crippen LogP contribution in [0.3, 0.4) is 0 Å². The number of aromatic nitrogens is 2. The second-order valence-corrected chi connectivity index (χ2v) is 5.60. The third kappa shape index (κ3) is 2.80. The van der Waals surface area contributed by atoms with Crippen molar-refractivity contribution >= 4 is 5.91 Å². The van der Waals surface area contributed by atoms with Gasteiger partial charge in [0.05, 0.1) is 0 Å². The highest BCUT2D eigenvalue weighted by atomic mass is 16.5. The minimum atomic E-state index is 0.272. The normalized spacial score (nSPS) is 23.0. The molecule has 1 saturated heterocycles. The van der Waals surface area contributed by atoms with E-state index >= 15 is 0 Å². The Hall–Kier alpha value is -1.39. The second-order valence-electron chi connectivity index (χ2n) is 5.60. The Bertz CT molecular complexity index is 453. The van der Waals surface area contributed by atoms with Gasteiger partial charge in [-0.2, -0.15) is 4.98 Å². The van der Waals surface area contributed by atoms with E-state index in [4.69, 9.17) is 4.52 Å². The Labute approximate surface area is 113 Å². The number of hydrogen-bond donors (Lipinski definition) is 0. The van der Waals surface area contributed by atoms with Crippen molar-refractivity contribution < 1.29 is 9.32 Å². The van der Waals surface area contributed by atoms with Gasteiger partial charge < -0.3 is 9.42 Å². The fraction of sp³-hybridized carbons (Fsp3) is 0.786. The van der Waals surface area contributed by atoms with Gasteiger partial charge in [-0.3, -0.25) is 4.79 Å². The Morgan fingerprint density at radius 1 is 1.42 bits per heavy atom. The number of aryl methyl sites for hydroxylation is 1. The molecule has 19 heavy (non-hydrogen) atoms. The Balaban J connectivity index is 1.54. The minimum Gasteiger partial charge on any atom is -0.340 e. The van der Waals surface area contributed by atoms with E-state index in [0.29, 0.717) is 18.4 Å². The monoisotopic (exact) mass is 263 g/mol. The summed E-state index contributed by atoms with van der Waals surface area (Å²) in [5.74, 6) is 2.40. The molecule has 5 heteroatoms. The summed E-state index contributed by atoms with van der Waals surface area (Å²) < 4.78 is 5.26. The summed E-state index contributed by atoms with van der Waals surface area (Å²) in [6, 6.07) is 0.371. The Morgan fingerprint density at radius 2 is 2.26 bits per heavy atom. The zero-order chi connectivity index (χ0) is 13.2. The average Bonchev–Trinajstić information content (AvgIpc) is 3.00. The third-order valence-corrected chi connectivity index (χ3v) is 4.11. The number of nitrogens with zero attached hydrogens (tertiary/aromatic N) is 3.